The lowest BCUT2D eigenvalue weighted by Crippen LogP contribution is -2.39. The summed E-state index contributed by atoms with van der Waals surface area (Å²) in [5, 5.41) is 18.0. The number of aliphatic carboxylic acids is 1. The topological polar surface area (TPSA) is 125 Å². The van der Waals surface area contributed by atoms with Gasteiger partial charge in [-0.3, -0.25) is 10.2 Å². The van der Waals surface area contributed by atoms with Gasteiger partial charge in [0, 0.05) is 10.5 Å². The number of carboxylic acids is 1. The Morgan fingerprint density at radius 3 is 2.62 bits per heavy atom. The number of guanidine groups is 1. The first-order valence-corrected chi connectivity index (χ1v) is 4.88. The fourth-order valence-electron chi connectivity index (χ4n) is 0.680. The molecule has 0 radical (unpaired) electrons. The monoisotopic (exact) mass is 300 g/mol. The largest absolute Gasteiger partial charge is 0.480 e. The smallest absolute Gasteiger partial charge is 0.320 e. The van der Waals surface area contributed by atoms with Crippen molar-refractivity contribution in [3.8, 4) is 0 Å². The molecule has 0 rings (SSSR count). The zero-order valence-corrected chi connectivity index (χ0v) is 9.11. The number of hydrogen-bond donors (Lipinski definition) is 5. The lowest BCUT2D eigenvalue weighted by atomic mass is 10.2. The molecule has 7 heteroatoms. The second-order valence-electron chi connectivity index (χ2n) is 2.57. The molecule has 6 nitrogen and oxygen atoms in total. The molecule has 0 bridgehead atoms. The Labute approximate surface area is 89.7 Å². The zero-order valence-electron chi connectivity index (χ0n) is 6.96. The van der Waals surface area contributed by atoms with Gasteiger partial charge in [0.15, 0.2) is 5.96 Å². The molecule has 0 saturated heterocycles. The second-order valence-corrected chi connectivity index (χ2v) is 4.33. The number of hydrogen-bond acceptors (Lipinski definition) is 3. The molecule has 0 aliphatic carbocycles. The van der Waals surface area contributed by atoms with Crippen LogP contribution in [0, 0.1) is 5.41 Å². The molecule has 0 spiro atoms. The van der Waals surface area contributed by atoms with Crippen molar-refractivity contribution >= 4 is 34.5 Å². The summed E-state index contributed by atoms with van der Waals surface area (Å²) in [6, 6.07) is -0.851. The molecular formula is C6H13IN4O2. The quantitative estimate of drug-likeness (QED) is 0.194. The Kier molecular flexibility index (Phi) is 5.71. The molecule has 2 unspecified atom stereocenters. The van der Waals surface area contributed by atoms with Gasteiger partial charge < -0.3 is 21.9 Å². The van der Waals surface area contributed by atoms with Crippen LogP contribution >= 0.6 is 22.6 Å². The van der Waals surface area contributed by atoms with Crippen molar-refractivity contribution in [1.29, 1.82) is 5.41 Å². The van der Waals surface area contributed by atoms with Crippen LogP contribution in [0.25, 0.3) is 0 Å². The van der Waals surface area contributed by atoms with Gasteiger partial charge in [-0.2, -0.15) is 0 Å². The van der Waals surface area contributed by atoms with Crippen LogP contribution in [0.1, 0.15) is 6.42 Å². The minimum atomic E-state index is -1.01. The van der Waals surface area contributed by atoms with Crippen molar-refractivity contribution in [2.24, 2.45) is 11.5 Å². The minimum absolute atomic E-state index is 0.0487. The predicted octanol–water partition coefficient (Wildman–Crippen LogP) is -0.925. The highest BCUT2D eigenvalue weighted by molar-refractivity contribution is 14.1. The summed E-state index contributed by atoms with van der Waals surface area (Å²) in [6.07, 6.45) is 0.357. The van der Waals surface area contributed by atoms with Crippen molar-refractivity contribution in [2.45, 2.75) is 16.4 Å². The van der Waals surface area contributed by atoms with Crippen LogP contribution in [0.15, 0.2) is 0 Å². The first-order valence-electron chi connectivity index (χ1n) is 3.63. The maximum absolute atomic E-state index is 10.4. The van der Waals surface area contributed by atoms with Gasteiger partial charge in [-0.15, -0.1) is 0 Å². The molecule has 2 atom stereocenters. The molecule has 0 heterocycles. The lowest BCUT2D eigenvalue weighted by Gasteiger charge is -2.13. The van der Waals surface area contributed by atoms with Crippen molar-refractivity contribution in [1.82, 2.24) is 5.32 Å². The molecule has 0 aliphatic rings. The van der Waals surface area contributed by atoms with E-state index in [2.05, 4.69) is 27.9 Å². The Hall–Kier alpha value is -0.570. The average Bonchev–Trinajstić information content (AvgIpc) is 2.00. The maximum Gasteiger partial charge on any atom is 0.320 e. The molecule has 0 aromatic heterocycles. The number of nitrogens with one attached hydrogen (secondary N) is 2. The first kappa shape index (κ1) is 12.4. The van der Waals surface area contributed by atoms with E-state index >= 15 is 0 Å². The van der Waals surface area contributed by atoms with E-state index in [1.165, 1.54) is 0 Å². The fourth-order valence-corrected chi connectivity index (χ4v) is 1.45. The normalized spacial score (nSPS) is 14.6. The molecule has 0 aromatic rings. The van der Waals surface area contributed by atoms with E-state index in [1.54, 1.807) is 0 Å². The molecule has 0 amide bonds. The lowest BCUT2D eigenvalue weighted by molar-refractivity contribution is -0.138. The first-order chi connectivity index (χ1) is 5.93. The van der Waals surface area contributed by atoms with Gasteiger partial charge in [0.1, 0.15) is 6.04 Å². The SMILES string of the molecule is N=C(N)NCC(I)CC(N)C(=O)O. The van der Waals surface area contributed by atoms with Gasteiger partial charge in [-0.05, 0) is 6.42 Å². The zero-order chi connectivity index (χ0) is 10.4. The summed E-state index contributed by atoms with van der Waals surface area (Å²) in [5.74, 6) is -1.13. The van der Waals surface area contributed by atoms with Crippen LogP contribution in [-0.4, -0.2) is 33.5 Å². The summed E-state index contributed by atoms with van der Waals surface area (Å²) in [4.78, 5) is 10.4. The van der Waals surface area contributed by atoms with Crippen molar-refractivity contribution in [3.05, 3.63) is 0 Å². The molecule has 0 saturated carbocycles. The molecule has 13 heavy (non-hydrogen) atoms. The molecule has 0 fully saturated rings. The number of carbonyl (C=O) groups is 1. The van der Waals surface area contributed by atoms with Gasteiger partial charge in [0.25, 0.3) is 0 Å². The van der Waals surface area contributed by atoms with E-state index in [0.717, 1.165) is 0 Å². The van der Waals surface area contributed by atoms with E-state index < -0.39 is 12.0 Å². The predicted molar refractivity (Wildman–Crippen MR) is 58.0 cm³/mol. The molecular weight excluding hydrogens is 287 g/mol. The Morgan fingerprint density at radius 2 is 2.23 bits per heavy atom. The number of nitrogens with two attached hydrogens (primary N) is 2. The highest BCUT2D eigenvalue weighted by Crippen LogP contribution is 2.06. The van der Waals surface area contributed by atoms with E-state index in [9.17, 15) is 4.79 Å². The third kappa shape index (κ3) is 6.58. The van der Waals surface area contributed by atoms with E-state index in [1.807, 2.05) is 0 Å². The Bertz CT molecular complexity index is 199. The van der Waals surface area contributed by atoms with Crippen LogP contribution in [-0.2, 0) is 4.79 Å². The van der Waals surface area contributed by atoms with Crippen LogP contribution < -0.4 is 16.8 Å². The third-order valence-electron chi connectivity index (χ3n) is 1.34. The van der Waals surface area contributed by atoms with Gasteiger partial charge in [0.05, 0.1) is 0 Å². The van der Waals surface area contributed by atoms with E-state index in [-0.39, 0.29) is 9.88 Å². The number of rotatable bonds is 5. The molecule has 7 N–H and O–H groups in total. The summed E-state index contributed by atoms with van der Waals surface area (Å²) in [6.45, 7) is 0.455. The number of carboxylic acid groups (broad SMARTS) is 1. The van der Waals surface area contributed by atoms with Crippen molar-refractivity contribution in [2.75, 3.05) is 6.54 Å². The van der Waals surface area contributed by atoms with Gasteiger partial charge in [-0.1, -0.05) is 22.6 Å². The summed E-state index contributed by atoms with van der Waals surface area (Å²) >= 11 is 2.07. The molecule has 0 aromatic carbocycles. The Balaban J connectivity index is 3.67. The van der Waals surface area contributed by atoms with Crippen LogP contribution in [0.2, 0.25) is 0 Å². The average molecular weight is 300 g/mol. The highest BCUT2D eigenvalue weighted by atomic mass is 127. The maximum atomic E-state index is 10.4. The van der Waals surface area contributed by atoms with Gasteiger partial charge >= 0.3 is 5.97 Å². The fraction of sp³-hybridized carbons (Fsp3) is 0.667. The van der Waals surface area contributed by atoms with Crippen molar-refractivity contribution < 1.29 is 9.90 Å². The minimum Gasteiger partial charge on any atom is -0.480 e. The summed E-state index contributed by atoms with van der Waals surface area (Å²) in [5.41, 5.74) is 10.4. The Morgan fingerprint density at radius 1 is 1.69 bits per heavy atom. The van der Waals surface area contributed by atoms with Gasteiger partial charge in [-0.25, -0.2) is 0 Å². The summed E-state index contributed by atoms with van der Waals surface area (Å²) < 4.78 is 0.0487. The standard InChI is InChI=1S/C6H13IN4O2/c7-3(2-11-6(9)10)1-4(8)5(12)13/h3-4H,1-2,8H2,(H,12,13)(H4,9,10,11). The number of halogens is 1. The van der Waals surface area contributed by atoms with Crippen molar-refractivity contribution in [3.63, 3.8) is 0 Å². The summed E-state index contributed by atoms with van der Waals surface area (Å²) in [7, 11) is 0. The number of alkyl halides is 1. The van der Waals surface area contributed by atoms with Crippen LogP contribution in [0.4, 0.5) is 0 Å². The van der Waals surface area contributed by atoms with E-state index in [4.69, 9.17) is 22.0 Å². The van der Waals surface area contributed by atoms with E-state index in [0.29, 0.717) is 13.0 Å². The van der Waals surface area contributed by atoms with Crippen LogP contribution in [0.5, 0.6) is 0 Å². The van der Waals surface area contributed by atoms with Gasteiger partial charge in [0.2, 0.25) is 0 Å². The molecule has 0 aliphatic heterocycles. The highest BCUT2D eigenvalue weighted by Gasteiger charge is 2.16. The van der Waals surface area contributed by atoms with Crippen LogP contribution in [0.3, 0.4) is 0 Å². The molecule has 76 valence electrons. The second kappa shape index (κ2) is 5.97. The third-order valence-corrected chi connectivity index (χ3v) is 2.29.